The average molecular weight is 363 g/mol. The van der Waals surface area contributed by atoms with Crippen molar-refractivity contribution in [1.29, 1.82) is 0 Å². The fourth-order valence-electron chi connectivity index (χ4n) is 3.50. The van der Waals surface area contributed by atoms with Crippen molar-refractivity contribution in [2.45, 2.75) is 31.5 Å². The number of H-pyrrole nitrogens is 2. The summed E-state index contributed by atoms with van der Waals surface area (Å²) >= 11 is 0. The topological polar surface area (TPSA) is 77.7 Å². The van der Waals surface area contributed by atoms with Gasteiger partial charge in [0.15, 0.2) is 5.65 Å². The first-order valence-electron chi connectivity index (χ1n) is 8.30. The molecule has 6 nitrogen and oxygen atoms in total. The van der Waals surface area contributed by atoms with E-state index >= 15 is 0 Å². The second kappa shape index (κ2) is 6.15. The monoisotopic (exact) mass is 363 g/mol. The largest absolute Gasteiger partial charge is 0.408 e. The molecule has 26 heavy (non-hydrogen) atoms. The van der Waals surface area contributed by atoms with Crippen LogP contribution in [0.4, 0.5) is 19.0 Å². The van der Waals surface area contributed by atoms with Crippen LogP contribution in [0.15, 0.2) is 35.4 Å². The molecule has 0 bridgehead atoms. The number of fused-ring (bicyclic) bond motifs is 1. The fraction of sp³-hybridized carbons (Fsp3) is 0.353. The predicted octanol–water partition coefficient (Wildman–Crippen LogP) is 3.23. The molecule has 136 valence electrons. The summed E-state index contributed by atoms with van der Waals surface area (Å²) in [6.45, 7) is 0.251. The summed E-state index contributed by atoms with van der Waals surface area (Å²) < 4.78 is 40.2. The van der Waals surface area contributed by atoms with E-state index in [1.54, 1.807) is 24.5 Å². The van der Waals surface area contributed by atoms with Crippen molar-refractivity contribution in [3.8, 4) is 11.1 Å². The van der Waals surface area contributed by atoms with Gasteiger partial charge in [0, 0.05) is 24.2 Å². The minimum absolute atomic E-state index is 0.0248. The summed E-state index contributed by atoms with van der Waals surface area (Å²) in [4.78, 5) is 20.1. The molecular weight excluding hydrogens is 347 g/mol. The van der Waals surface area contributed by atoms with Crippen molar-refractivity contribution in [2.75, 3.05) is 11.4 Å². The Bertz CT molecular complexity index is 994. The molecule has 4 heterocycles. The minimum atomic E-state index is -4.35. The second-order valence-electron chi connectivity index (χ2n) is 6.36. The molecule has 1 atom stereocenters. The van der Waals surface area contributed by atoms with Gasteiger partial charge in [-0.3, -0.25) is 9.89 Å². The molecule has 2 N–H and O–H groups in total. The Morgan fingerprint density at radius 2 is 2.08 bits per heavy atom. The summed E-state index contributed by atoms with van der Waals surface area (Å²) in [6, 6.07) is 3.09. The number of nitrogens with one attached hydrogen (secondary N) is 2. The highest BCUT2D eigenvalue weighted by Crippen LogP contribution is 2.35. The first-order chi connectivity index (χ1) is 12.4. The maximum atomic E-state index is 13.4. The third-order valence-corrected chi connectivity index (χ3v) is 4.69. The van der Waals surface area contributed by atoms with Gasteiger partial charge in [-0.25, -0.2) is 4.98 Å². The highest BCUT2D eigenvalue weighted by molar-refractivity contribution is 5.92. The summed E-state index contributed by atoms with van der Waals surface area (Å²) in [5.41, 5.74) is 1.33. The van der Waals surface area contributed by atoms with Gasteiger partial charge < -0.3 is 9.88 Å². The van der Waals surface area contributed by atoms with Crippen molar-refractivity contribution in [3.05, 3.63) is 40.9 Å². The standard InChI is InChI=1S/C17H16F3N5O/c18-17(19,20)13-3-1-2-6-25(13)14-7-10(8-15(26)23-14)11-4-5-21-16-12(11)9-22-24-16/h4-5,7-9,13H,1-3,6H2,(H,23,26)(H,21,22,24). The summed E-state index contributed by atoms with van der Waals surface area (Å²) in [6.07, 6.45) is -0.00245. The van der Waals surface area contributed by atoms with Crippen LogP contribution in [0, 0.1) is 0 Å². The number of pyridine rings is 2. The molecule has 1 aliphatic heterocycles. The van der Waals surface area contributed by atoms with E-state index in [4.69, 9.17) is 0 Å². The third kappa shape index (κ3) is 2.93. The van der Waals surface area contributed by atoms with Gasteiger partial charge in [-0.15, -0.1) is 0 Å². The lowest BCUT2D eigenvalue weighted by Gasteiger charge is -2.38. The zero-order valence-electron chi connectivity index (χ0n) is 13.7. The van der Waals surface area contributed by atoms with Crippen LogP contribution in [-0.4, -0.2) is 38.9 Å². The van der Waals surface area contributed by atoms with E-state index in [0.717, 1.165) is 0 Å². The van der Waals surface area contributed by atoms with Crippen LogP contribution in [0.5, 0.6) is 0 Å². The molecule has 0 amide bonds. The lowest BCUT2D eigenvalue weighted by atomic mass is 10.0. The van der Waals surface area contributed by atoms with E-state index < -0.39 is 17.8 Å². The highest BCUT2D eigenvalue weighted by atomic mass is 19.4. The molecular formula is C17H16F3N5O. The van der Waals surface area contributed by atoms with Crippen LogP contribution in [-0.2, 0) is 0 Å². The zero-order valence-corrected chi connectivity index (χ0v) is 13.7. The van der Waals surface area contributed by atoms with Crippen molar-refractivity contribution in [3.63, 3.8) is 0 Å². The van der Waals surface area contributed by atoms with E-state index in [1.807, 2.05) is 0 Å². The molecule has 1 unspecified atom stereocenters. The third-order valence-electron chi connectivity index (χ3n) is 4.69. The number of anilines is 1. The van der Waals surface area contributed by atoms with Gasteiger partial charge in [-0.2, -0.15) is 18.3 Å². The van der Waals surface area contributed by atoms with Gasteiger partial charge in [0.25, 0.3) is 0 Å². The van der Waals surface area contributed by atoms with Gasteiger partial charge >= 0.3 is 6.18 Å². The molecule has 3 aromatic rings. The molecule has 0 radical (unpaired) electrons. The first kappa shape index (κ1) is 16.6. The zero-order chi connectivity index (χ0) is 18.3. The van der Waals surface area contributed by atoms with Gasteiger partial charge in [-0.05, 0) is 42.5 Å². The van der Waals surface area contributed by atoms with Crippen LogP contribution in [0.2, 0.25) is 0 Å². The predicted molar refractivity (Wildman–Crippen MR) is 91.0 cm³/mol. The molecule has 4 rings (SSSR count). The first-order valence-corrected chi connectivity index (χ1v) is 8.30. The van der Waals surface area contributed by atoms with E-state index in [0.29, 0.717) is 35.0 Å². The van der Waals surface area contributed by atoms with Crippen LogP contribution in [0.25, 0.3) is 22.2 Å². The SMILES string of the molecule is O=c1cc(-c2ccnc3[nH]ncc23)cc(N2CCCCC2C(F)(F)F)[nH]1. The molecule has 1 saturated heterocycles. The molecule has 0 spiro atoms. The lowest BCUT2D eigenvalue weighted by Crippen LogP contribution is -2.49. The number of hydrogen-bond donors (Lipinski definition) is 2. The van der Waals surface area contributed by atoms with Crippen LogP contribution >= 0.6 is 0 Å². The van der Waals surface area contributed by atoms with Crippen LogP contribution in [0.3, 0.4) is 0 Å². The number of hydrogen-bond acceptors (Lipinski definition) is 4. The van der Waals surface area contributed by atoms with Gasteiger partial charge in [0.1, 0.15) is 11.9 Å². The van der Waals surface area contributed by atoms with E-state index in [2.05, 4.69) is 20.2 Å². The number of aromatic amines is 2. The maximum Gasteiger partial charge on any atom is 0.408 e. The normalized spacial score (nSPS) is 18.4. The summed E-state index contributed by atoms with van der Waals surface area (Å²) in [7, 11) is 0. The number of rotatable bonds is 2. The molecule has 3 aromatic heterocycles. The summed E-state index contributed by atoms with van der Waals surface area (Å²) in [5.74, 6) is 0.183. The van der Waals surface area contributed by atoms with Crippen molar-refractivity contribution < 1.29 is 13.2 Å². The van der Waals surface area contributed by atoms with Gasteiger partial charge in [-0.1, -0.05) is 0 Å². The number of alkyl halides is 3. The van der Waals surface area contributed by atoms with Gasteiger partial charge in [0.05, 0.1) is 6.20 Å². The molecule has 0 aliphatic carbocycles. The molecule has 9 heteroatoms. The molecule has 0 aromatic carbocycles. The maximum absolute atomic E-state index is 13.4. The smallest absolute Gasteiger partial charge is 0.346 e. The van der Waals surface area contributed by atoms with Crippen LogP contribution in [0.1, 0.15) is 19.3 Å². The number of piperidine rings is 1. The number of halogens is 3. The van der Waals surface area contributed by atoms with Crippen molar-refractivity contribution in [1.82, 2.24) is 20.2 Å². The van der Waals surface area contributed by atoms with Gasteiger partial charge in [0.2, 0.25) is 5.56 Å². The molecule has 1 fully saturated rings. The Kier molecular flexibility index (Phi) is 3.93. The van der Waals surface area contributed by atoms with Crippen molar-refractivity contribution in [2.24, 2.45) is 0 Å². The Hall–Kier alpha value is -2.84. The number of aromatic nitrogens is 4. The highest BCUT2D eigenvalue weighted by Gasteiger charge is 2.44. The fourth-order valence-corrected chi connectivity index (χ4v) is 3.50. The van der Waals surface area contributed by atoms with E-state index in [9.17, 15) is 18.0 Å². The molecule has 0 saturated carbocycles. The molecule has 1 aliphatic rings. The lowest BCUT2D eigenvalue weighted by molar-refractivity contribution is -0.152. The average Bonchev–Trinajstić information content (AvgIpc) is 3.09. The second-order valence-corrected chi connectivity index (χ2v) is 6.36. The van der Waals surface area contributed by atoms with E-state index in [1.165, 1.54) is 11.0 Å². The quantitative estimate of drug-likeness (QED) is 0.733. The summed E-state index contributed by atoms with van der Waals surface area (Å²) in [5, 5.41) is 7.38. The minimum Gasteiger partial charge on any atom is -0.346 e. The Morgan fingerprint density at radius 3 is 2.88 bits per heavy atom. The van der Waals surface area contributed by atoms with E-state index in [-0.39, 0.29) is 18.8 Å². The van der Waals surface area contributed by atoms with Crippen molar-refractivity contribution >= 4 is 16.9 Å². The Balaban J connectivity index is 1.82. The van der Waals surface area contributed by atoms with Crippen LogP contribution < -0.4 is 10.5 Å². The Morgan fingerprint density at radius 1 is 1.23 bits per heavy atom. The Labute approximate surface area is 146 Å². The number of nitrogens with zero attached hydrogens (tertiary/aromatic N) is 3.